The maximum absolute atomic E-state index is 11.7. The Kier molecular flexibility index (Phi) is 4.74. The summed E-state index contributed by atoms with van der Waals surface area (Å²) in [5.74, 6) is -0.380. The Balaban J connectivity index is 2.26. The molecule has 5 nitrogen and oxygen atoms in total. The number of rotatable bonds is 5. The number of sulfone groups is 1. The molecule has 0 radical (unpaired) electrons. The number of benzene rings is 1. The lowest BCUT2D eigenvalue weighted by Crippen LogP contribution is -2.04. The number of thiazole rings is 1. The number of carbonyl (C=O) groups excluding carboxylic acids is 1. The predicted molar refractivity (Wildman–Crippen MR) is 81.2 cm³/mol. The minimum absolute atomic E-state index is 0.0655. The summed E-state index contributed by atoms with van der Waals surface area (Å²) in [5, 5.41) is 2.03. The van der Waals surface area contributed by atoms with Crippen LogP contribution in [0.15, 0.2) is 34.5 Å². The Morgan fingerprint density at radius 1 is 1.24 bits per heavy atom. The van der Waals surface area contributed by atoms with E-state index in [0.29, 0.717) is 12.3 Å². The number of aromatic nitrogens is 1. The van der Waals surface area contributed by atoms with Crippen LogP contribution >= 0.6 is 11.3 Å². The largest absolute Gasteiger partial charge is 0.461 e. The fourth-order valence-electron chi connectivity index (χ4n) is 1.69. The van der Waals surface area contributed by atoms with E-state index in [1.54, 1.807) is 43.5 Å². The molecule has 21 heavy (non-hydrogen) atoms. The molecular weight excluding hydrogens is 310 g/mol. The van der Waals surface area contributed by atoms with Crippen molar-refractivity contribution in [2.24, 2.45) is 0 Å². The van der Waals surface area contributed by atoms with Gasteiger partial charge in [0.2, 0.25) is 5.01 Å². The molecule has 0 amide bonds. The van der Waals surface area contributed by atoms with Gasteiger partial charge in [-0.15, -0.1) is 11.3 Å². The first-order valence-electron chi connectivity index (χ1n) is 6.43. The zero-order valence-electron chi connectivity index (χ0n) is 11.7. The van der Waals surface area contributed by atoms with Gasteiger partial charge >= 0.3 is 5.97 Å². The van der Waals surface area contributed by atoms with Gasteiger partial charge in [0, 0.05) is 10.9 Å². The average Bonchev–Trinajstić information content (AvgIpc) is 2.97. The number of hydrogen-bond donors (Lipinski definition) is 0. The van der Waals surface area contributed by atoms with E-state index >= 15 is 0 Å². The summed E-state index contributed by atoms with van der Waals surface area (Å²) in [4.78, 5) is 16.1. The lowest BCUT2D eigenvalue weighted by molar-refractivity contribution is 0.0526. The van der Waals surface area contributed by atoms with Gasteiger partial charge in [0.25, 0.3) is 0 Å². The summed E-state index contributed by atoms with van der Waals surface area (Å²) in [6.07, 6.45) is 0. The van der Waals surface area contributed by atoms with E-state index in [1.807, 2.05) is 0 Å². The first-order valence-corrected chi connectivity index (χ1v) is 8.97. The fourth-order valence-corrected chi connectivity index (χ4v) is 3.29. The number of esters is 1. The maximum Gasteiger partial charge on any atom is 0.367 e. The SMILES string of the molecule is CCOC(=O)c1nc(-c2ccc(S(=O)(=O)CC)cc2)cs1. The summed E-state index contributed by atoms with van der Waals surface area (Å²) < 4.78 is 28.4. The topological polar surface area (TPSA) is 73.3 Å². The standard InChI is InChI=1S/C14H15NO4S2/c1-3-19-14(16)13-15-12(9-20-13)10-5-7-11(8-6-10)21(17,18)4-2/h5-9H,3-4H2,1-2H3. The van der Waals surface area contributed by atoms with Crippen LogP contribution in [0.5, 0.6) is 0 Å². The third-order valence-corrected chi connectivity index (χ3v) is 5.42. The Labute approximate surface area is 127 Å². The van der Waals surface area contributed by atoms with Gasteiger partial charge in [0.1, 0.15) is 0 Å². The van der Waals surface area contributed by atoms with Crippen molar-refractivity contribution in [3.63, 3.8) is 0 Å². The van der Waals surface area contributed by atoms with Crippen molar-refractivity contribution < 1.29 is 17.9 Å². The molecule has 0 aliphatic heterocycles. The Morgan fingerprint density at radius 3 is 2.48 bits per heavy atom. The second-order valence-corrected chi connectivity index (χ2v) is 7.32. The molecule has 7 heteroatoms. The second-order valence-electron chi connectivity index (χ2n) is 4.19. The van der Waals surface area contributed by atoms with Gasteiger partial charge in [-0.05, 0) is 19.1 Å². The summed E-state index contributed by atoms with van der Waals surface area (Å²) in [6.45, 7) is 3.64. The van der Waals surface area contributed by atoms with Crippen molar-refractivity contribution >= 4 is 27.1 Å². The molecule has 2 aromatic rings. The molecule has 0 saturated heterocycles. The highest BCUT2D eigenvalue weighted by Gasteiger charge is 2.14. The minimum atomic E-state index is -3.20. The van der Waals surface area contributed by atoms with Gasteiger partial charge in [-0.1, -0.05) is 19.1 Å². The third kappa shape index (κ3) is 3.48. The molecule has 112 valence electrons. The molecule has 0 saturated carbocycles. The van der Waals surface area contributed by atoms with Gasteiger partial charge < -0.3 is 4.74 Å². The van der Waals surface area contributed by atoms with Crippen molar-refractivity contribution in [2.75, 3.05) is 12.4 Å². The number of hydrogen-bond acceptors (Lipinski definition) is 6. The highest BCUT2D eigenvalue weighted by Crippen LogP contribution is 2.24. The summed E-state index contributed by atoms with van der Waals surface area (Å²) in [7, 11) is -3.20. The van der Waals surface area contributed by atoms with Crippen LogP contribution in [0.3, 0.4) is 0 Å². The minimum Gasteiger partial charge on any atom is -0.461 e. The average molecular weight is 325 g/mol. The van der Waals surface area contributed by atoms with E-state index in [2.05, 4.69) is 4.98 Å². The molecule has 0 fully saturated rings. The Bertz CT molecular complexity index is 733. The smallest absolute Gasteiger partial charge is 0.367 e. The number of carbonyl (C=O) groups is 1. The van der Waals surface area contributed by atoms with E-state index in [1.165, 1.54) is 11.3 Å². The maximum atomic E-state index is 11.7. The normalized spacial score (nSPS) is 11.3. The molecule has 0 aliphatic rings. The van der Waals surface area contributed by atoms with Crippen LogP contribution in [0.25, 0.3) is 11.3 Å². The van der Waals surface area contributed by atoms with E-state index in [-0.39, 0.29) is 15.7 Å². The molecule has 0 aliphatic carbocycles. The van der Waals surface area contributed by atoms with Crippen LogP contribution in [0.4, 0.5) is 0 Å². The zero-order valence-corrected chi connectivity index (χ0v) is 13.3. The summed E-state index contributed by atoms with van der Waals surface area (Å²) in [5.41, 5.74) is 1.39. The molecular formula is C14H15NO4S2. The zero-order chi connectivity index (χ0) is 15.5. The molecule has 1 aromatic carbocycles. The molecule has 1 aromatic heterocycles. The fraction of sp³-hybridized carbons (Fsp3) is 0.286. The quantitative estimate of drug-likeness (QED) is 0.790. The van der Waals surface area contributed by atoms with Crippen molar-refractivity contribution in [2.45, 2.75) is 18.7 Å². The molecule has 0 atom stereocenters. The lowest BCUT2D eigenvalue weighted by Gasteiger charge is -2.02. The first-order chi connectivity index (χ1) is 9.97. The first kappa shape index (κ1) is 15.7. The number of nitrogens with zero attached hydrogens (tertiary/aromatic N) is 1. The summed E-state index contributed by atoms with van der Waals surface area (Å²) in [6, 6.07) is 6.48. The molecule has 2 rings (SSSR count). The Morgan fingerprint density at radius 2 is 1.90 bits per heavy atom. The van der Waals surface area contributed by atoms with Crippen molar-refractivity contribution in [3.05, 3.63) is 34.7 Å². The van der Waals surface area contributed by atoms with Crippen molar-refractivity contribution in [3.8, 4) is 11.3 Å². The van der Waals surface area contributed by atoms with Crippen LogP contribution in [-0.2, 0) is 14.6 Å². The van der Waals surface area contributed by atoms with Crippen molar-refractivity contribution in [1.29, 1.82) is 0 Å². The van der Waals surface area contributed by atoms with Gasteiger partial charge in [0.15, 0.2) is 9.84 Å². The van der Waals surface area contributed by atoms with Gasteiger partial charge in [-0.3, -0.25) is 0 Å². The second kappa shape index (κ2) is 6.36. The van der Waals surface area contributed by atoms with Crippen LogP contribution in [0.1, 0.15) is 23.6 Å². The van der Waals surface area contributed by atoms with Crippen LogP contribution in [0, 0.1) is 0 Å². The van der Waals surface area contributed by atoms with E-state index in [0.717, 1.165) is 5.56 Å². The lowest BCUT2D eigenvalue weighted by atomic mass is 10.2. The van der Waals surface area contributed by atoms with E-state index in [9.17, 15) is 13.2 Å². The van der Waals surface area contributed by atoms with E-state index in [4.69, 9.17) is 4.74 Å². The molecule has 0 unspecified atom stereocenters. The van der Waals surface area contributed by atoms with E-state index < -0.39 is 15.8 Å². The van der Waals surface area contributed by atoms with Gasteiger partial charge in [0.05, 0.1) is 22.9 Å². The number of ether oxygens (including phenoxy) is 1. The van der Waals surface area contributed by atoms with Gasteiger partial charge in [-0.25, -0.2) is 18.2 Å². The predicted octanol–water partition coefficient (Wildman–Crippen LogP) is 2.78. The van der Waals surface area contributed by atoms with Crippen molar-refractivity contribution in [1.82, 2.24) is 4.98 Å². The van der Waals surface area contributed by atoms with Crippen LogP contribution in [-0.4, -0.2) is 31.7 Å². The monoisotopic (exact) mass is 325 g/mol. The molecule has 1 heterocycles. The molecule has 0 bridgehead atoms. The highest BCUT2D eigenvalue weighted by molar-refractivity contribution is 7.91. The summed E-state index contributed by atoms with van der Waals surface area (Å²) >= 11 is 1.20. The van der Waals surface area contributed by atoms with Gasteiger partial charge in [-0.2, -0.15) is 0 Å². The highest BCUT2D eigenvalue weighted by atomic mass is 32.2. The van der Waals surface area contributed by atoms with Crippen LogP contribution in [0.2, 0.25) is 0 Å². The molecule has 0 spiro atoms. The van der Waals surface area contributed by atoms with Crippen LogP contribution < -0.4 is 0 Å². The third-order valence-electron chi connectivity index (χ3n) is 2.84. The Hall–Kier alpha value is -1.73. The molecule has 0 N–H and O–H groups in total.